The number of aromatic nitrogens is 4. The topological polar surface area (TPSA) is 57.7 Å². The fourth-order valence-electron chi connectivity index (χ4n) is 2.81. The predicted octanol–water partition coefficient (Wildman–Crippen LogP) is 3.02. The average molecular weight is 280 g/mol. The maximum Gasteiger partial charge on any atom is 0.226 e. The molecule has 0 radical (unpaired) electrons. The number of nitrogens with zero attached hydrogens (tertiary/aromatic N) is 4. The van der Waals surface area contributed by atoms with Gasteiger partial charge in [0.25, 0.3) is 0 Å². The monoisotopic (exact) mass is 279 g/mol. The van der Waals surface area contributed by atoms with Crippen LogP contribution in [0.3, 0.4) is 0 Å². The zero-order valence-electron chi connectivity index (χ0n) is 11.1. The Bertz CT molecular complexity index is 567. The summed E-state index contributed by atoms with van der Waals surface area (Å²) in [4.78, 5) is 18.1. The van der Waals surface area contributed by atoms with Crippen LogP contribution in [0.4, 0.5) is 5.82 Å². The van der Waals surface area contributed by atoms with Crippen LogP contribution < -0.4 is 4.90 Å². The molecule has 1 atom stereocenters. The molecule has 102 valence electrons. The summed E-state index contributed by atoms with van der Waals surface area (Å²) in [6.45, 7) is 4.33. The Labute approximate surface area is 117 Å². The number of nitrogens with one attached hydrogen (secondary N) is 1. The van der Waals surface area contributed by atoms with Crippen LogP contribution in [-0.4, -0.2) is 33.0 Å². The van der Waals surface area contributed by atoms with E-state index in [-0.39, 0.29) is 5.28 Å². The molecule has 1 aliphatic rings. The van der Waals surface area contributed by atoms with Crippen molar-refractivity contribution in [3.05, 3.63) is 11.6 Å². The van der Waals surface area contributed by atoms with E-state index in [1.807, 2.05) is 0 Å². The molecule has 1 unspecified atom stereocenters. The lowest BCUT2D eigenvalue weighted by Crippen LogP contribution is -2.25. The lowest BCUT2D eigenvalue weighted by atomic mass is 9.98. The Morgan fingerprint density at radius 2 is 2.26 bits per heavy atom. The van der Waals surface area contributed by atoms with Crippen molar-refractivity contribution in [1.29, 1.82) is 0 Å². The molecular formula is C13H18ClN5. The average Bonchev–Trinajstić information content (AvgIpc) is 2.74. The highest BCUT2D eigenvalue weighted by atomic mass is 35.5. The van der Waals surface area contributed by atoms with E-state index in [4.69, 9.17) is 11.6 Å². The first kappa shape index (κ1) is 12.7. The number of anilines is 1. The minimum absolute atomic E-state index is 0.269. The van der Waals surface area contributed by atoms with Crippen LogP contribution in [0.2, 0.25) is 5.28 Å². The zero-order chi connectivity index (χ0) is 13.2. The SMILES string of the molecule is CCC1CCCN(c2nc(Cl)nc3nc[nH]c23)CC1. The molecule has 19 heavy (non-hydrogen) atoms. The van der Waals surface area contributed by atoms with Gasteiger partial charge in [-0.2, -0.15) is 9.97 Å². The number of aromatic amines is 1. The van der Waals surface area contributed by atoms with E-state index in [9.17, 15) is 0 Å². The molecule has 0 bridgehead atoms. The van der Waals surface area contributed by atoms with Crippen molar-refractivity contribution in [2.45, 2.75) is 32.6 Å². The number of fused-ring (bicyclic) bond motifs is 1. The molecule has 1 N–H and O–H groups in total. The molecule has 1 saturated heterocycles. The highest BCUT2D eigenvalue weighted by Crippen LogP contribution is 2.27. The number of halogens is 1. The number of rotatable bonds is 2. The number of H-pyrrole nitrogens is 1. The van der Waals surface area contributed by atoms with Gasteiger partial charge in [-0.05, 0) is 36.8 Å². The Kier molecular flexibility index (Phi) is 3.55. The summed E-state index contributed by atoms with van der Waals surface area (Å²) in [5.41, 5.74) is 1.53. The molecule has 5 nitrogen and oxygen atoms in total. The van der Waals surface area contributed by atoms with Crippen LogP contribution >= 0.6 is 11.6 Å². The molecule has 1 fully saturated rings. The Hall–Kier alpha value is -1.36. The van der Waals surface area contributed by atoms with Crippen LogP contribution in [0.25, 0.3) is 11.2 Å². The van der Waals surface area contributed by atoms with E-state index in [2.05, 4.69) is 31.8 Å². The van der Waals surface area contributed by atoms with E-state index < -0.39 is 0 Å². The molecule has 1 aliphatic heterocycles. The lowest BCUT2D eigenvalue weighted by Gasteiger charge is -2.22. The molecule has 2 aromatic rings. The molecule has 0 spiro atoms. The third-order valence-corrected chi connectivity index (χ3v) is 4.13. The first-order chi connectivity index (χ1) is 9.28. The normalized spacial score (nSPS) is 20.7. The maximum atomic E-state index is 5.99. The van der Waals surface area contributed by atoms with Gasteiger partial charge in [0.1, 0.15) is 5.52 Å². The third kappa shape index (κ3) is 2.52. The Morgan fingerprint density at radius 1 is 1.37 bits per heavy atom. The Morgan fingerprint density at radius 3 is 3.11 bits per heavy atom. The van der Waals surface area contributed by atoms with Gasteiger partial charge in [0, 0.05) is 13.1 Å². The summed E-state index contributed by atoms with van der Waals surface area (Å²) in [5.74, 6) is 1.73. The summed E-state index contributed by atoms with van der Waals surface area (Å²) in [6.07, 6.45) is 6.63. The summed E-state index contributed by atoms with van der Waals surface area (Å²) in [6, 6.07) is 0. The molecule has 6 heteroatoms. The van der Waals surface area contributed by atoms with E-state index >= 15 is 0 Å². The quantitative estimate of drug-likeness (QED) is 0.859. The molecule has 2 aromatic heterocycles. The van der Waals surface area contributed by atoms with E-state index in [1.165, 1.54) is 25.7 Å². The standard InChI is InChI=1S/C13H18ClN5/c1-2-9-4-3-6-19(7-5-9)12-10-11(16-8-15-10)17-13(14)18-12/h8-9H,2-7H2,1H3,(H,15,16,17,18). The highest BCUT2D eigenvalue weighted by Gasteiger charge is 2.20. The highest BCUT2D eigenvalue weighted by molar-refractivity contribution is 6.28. The molecule has 0 aromatic carbocycles. The van der Waals surface area contributed by atoms with Gasteiger partial charge in [-0.25, -0.2) is 4.98 Å². The van der Waals surface area contributed by atoms with Gasteiger partial charge in [0.15, 0.2) is 11.5 Å². The lowest BCUT2D eigenvalue weighted by molar-refractivity contribution is 0.459. The van der Waals surface area contributed by atoms with Crippen LogP contribution in [0.1, 0.15) is 32.6 Å². The van der Waals surface area contributed by atoms with Crippen molar-refractivity contribution in [3.8, 4) is 0 Å². The molecular weight excluding hydrogens is 262 g/mol. The zero-order valence-corrected chi connectivity index (χ0v) is 11.8. The fourth-order valence-corrected chi connectivity index (χ4v) is 2.97. The predicted molar refractivity (Wildman–Crippen MR) is 76.5 cm³/mol. The van der Waals surface area contributed by atoms with Crippen molar-refractivity contribution >= 4 is 28.6 Å². The van der Waals surface area contributed by atoms with Crippen molar-refractivity contribution in [3.63, 3.8) is 0 Å². The number of hydrogen-bond acceptors (Lipinski definition) is 4. The summed E-state index contributed by atoms with van der Waals surface area (Å²) in [5, 5.41) is 0.269. The molecule has 3 heterocycles. The van der Waals surface area contributed by atoms with Gasteiger partial charge >= 0.3 is 0 Å². The smallest absolute Gasteiger partial charge is 0.226 e. The van der Waals surface area contributed by atoms with Crippen LogP contribution in [0.15, 0.2) is 6.33 Å². The summed E-state index contributed by atoms with van der Waals surface area (Å²) in [7, 11) is 0. The van der Waals surface area contributed by atoms with Crippen LogP contribution in [-0.2, 0) is 0 Å². The third-order valence-electron chi connectivity index (χ3n) is 3.96. The molecule has 0 amide bonds. The van der Waals surface area contributed by atoms with Crippen molar-refractivity contribution in [2.75, 3.05) is 18.0 Å². The van der Waals surface area contributed by atoms with Gasteiger partial charge in [0.05, 0.1) is 6.33 Å². The van der Waals surface area contributed by atoms with E-state index in [0.29, 0.717) is 5.65 Å². The van der Waals surface area contributed by atoms with Crippen molar-refractivity contribution in [1.82, 2.24) is 19.9 Å². The summed E-state index contributed by atoms with van der Waals surface area (Å²) < 4.78 is 0. The van der Waals surface area contributed by atoms with Gasteiger partial charge in [-0.1, -0.05) is 13.3 Å². The van der Waals surface area contributed by atoms with Crippen LogP contribution in [0, 0.1) is 5.92 Å². The van der Waals surface area contributed by atoms with E-state index in [1.54, 1.807) is 6.33 Å². The second kappa shape index (κ2) is 5.33. The maximum absolute atomic E-state index is 5.99. The first-order valence-corrected chi connectivity index (χ1v) is 7.27. The number of hydrogen-bond donors (Lipinski definition) is 1. The summed E-state index contributed by atoms with van der Waals surface area (Å²) >= 11 is 5.99. The van der Waals surface area contributed by atoms with Gasteiger partial charge < -0.3 is 9.88 Å². The molecule has 0 saturated carbocycles. The molecule has 0 aliphatic carbocycles. The minimum atomic E-state index is 0.269. The van der Waals surface area contributed by atoms with Gasteiger partial charge in [0.2, 0.25) is 5.28 Å². The minimum Gasteiger partial charge on any atom is -0.355 e. The van der Waals surface area contributed by atoms with Crippen molar-refractivity contribution in [2.24, 2.45) is 5.92 Å². The van der Waals surface area contributed by atoms with E-state index in [0.717, 1.165) is 30.3 Å². The van der Waals surface area contributed by atoms with Gasteiger partial charge in [-0.3, -0.25) is 0 Å². The number of imidazole rings is 1. The van der Waals surface area contributed by atoms with Crippen molar-refractivity contribution < 1.29 is 0 Å². The molecule has 3 rings (SSSR count). The second-order valence-corrected chi connectivity index (χ2v) is 5.45. The fraction of sp³-hybridized carbons (Fsp3) is 0.615. The largest absolute Gasteiger partial charge is 0.355 e. The van der Waals surface area contributed by atoms with Gasteiger partial charge in [-0.15, -0.1) is 0 Å². The Balaban J connectivity index is 1.93. The second-order valence-electron chi connectivity index (χ2n) is 5.11. The first-order valence-electron chi connectivity index (χ1n) is 6.89. The van der Waals surface area contributed by atoms with Crippen LogP contribution in [0.5, 0.6) is 0 Å².